The molecule has 1 heterocycles. The Bertz CT molecular complexity index is 847. The Kier molecular flexibility index (Phi) is 4.80. The van der Waals surface area contributed by atoms with Crippen LogP contribution in [0.2, 0.25) is 0 Å². The number of fused-ring (bicyclic) bond motifs is 1. The zero-order valence-electron chi connectivity index (χ0n) is 14.9. The van der Waals surface area contributed by atoms with E-state index < -0.39 is 5.54 Å². The molecule has 0 aliphatic carbocycles. The van der Waals surface area contributed by atoms with Gasteiger partial charge in [0.25, 0.3) is 0 Å². The molecule has 1 unspecified atom stereocenters. The van der Waals surface area contributed by atoms with Gasteiger partial charge in [0.1, 0.15) is 5.54 Å². The molecule has 5 heteroatoms. The minimum atomic E-state index is -1.24. The topological polar surface area (TPSA) is 55.8 Å². The van der Waals surface area contributed by atoms with Crippen molar-refractivity contribution < 1.29 is 19.1 Å². The maximum absolute atomic E-state index is 12.6. The molecule has 26 heavy (non-hydrogen) atoms. The highest BCUT2D eigenvalue weighted by molar-refractivity contribution is 5.93. The number of ether oxygens (including phenoxy) is 2. The highest BCUT2D eigenvalue weighted by Gasteiger charge is 2.46. The van der Waals surface area contributed by atoms with Crippen LogP contribution < -0.4 is 9.47 Å². The van der Waals surface area contributed by atoms with Gasteiger partial charge in [-0.25, -0.2) is 0 Å². The fourth-order valence-corrected chi connectivity index (χ4v) is 3.63. The van der Waals surface area contributed by atoms with Crippen molar-refractivity contribution >= 4 is 12.2 Å². The fourth-order valence-electron chi connectivity index (χ4n) is 3.63. The average Bonchev–Trinajstić information content (AvgIpc) is 2.71. The smallest absolute Gasteiger partial charge is 0.247 e. The van der Waals surface area contributed by atoms with Crippen molar-refractivity contribution in [3.63, 3.8) is 0 Å². The zero-order valence-corrected chi connectivity index (χ0v) is 14.9. The van der Waals surface area contributed by atoms with Crippen molar-refractivity contribution in [2.45, 2.75) is 12.0 Å². The quantitative estimate of drug-likeness (QED) is 0.614. The molecule has 0 saturated carbocycles. The van der Waals surface area contributed by atoms with Crippen LogP contribution in [0.25, 0.3) is 0 Å². The SMILES string of the molecule is C=CC(=O)N1CCc2cc(OC)c(OC)cc2C1(C=O)c1ccccc1. The lowest BCUT2D eigenvalue weighted by Crippen LogP contribution is -2.54. The Balaban J connectivity index is 2.34. The van der Waals surface area contributed by atoms with E-state index in [9.17, 15) is 9.59 Å². The summed E-state index contributed by atoms with van der Waals surface area (Å²) in [5.41, 5.74) is 1.16. The third kappa shape index (κ3) is 2.56. The van der Waals surface area contributed by atoms with Crippen molar-refractivity contribution in [2.75, 3.05) is 20.8 Å². The van der Waals surface area contributed by atoms with Gasteiger partial charge in [0.15, 0.2) is 17.8 Å². The van der Waals surface area contributed by atoms with Crippen LogP contribution in [-0.4, -0.2) is 37.9 Å². The molecule has 0 saturated heterocycles. The number of hydrogen-bond acceptors (Lipinski definition) is 4. The lowest BCUT2D eigenvalue weighted by molar-refractivity contribution is -0.137. The van der Waals surface area contributed by atoms with Crippen LogP contribution in [-0.2, 0) is 21.5 Å². The van der Waals surface area contributed by atoms with Crippen LogP contribution in [0.3, 0.4) is 0 Å². The number of carbonyl (C=O) groups excluding carboxylic acids is 2. The third-order valence-corrected chi connectivity index (χ3v) is 4.88. The van der Waals surface area contributed by atoms with Crippen molar-refractivity contribution in [1.82, 2.24) is 4.90 Å². The van der Waals surface area contributed by atoms with E-state index in [0.717, 1.165) is 23.0 Å². The molecule has 0 aromatic heterocycles. The lowest BCUT2D eigenvalue weighted by Gasteiger charge is -2.45. The first-order chi connectivity index (χ1) is 12.6. The molecule has 0 N–H and O–H groups in total. The Labute approximate surface area is 152 Å². The highest BCUT2D eigenvalue weighted by Crippen LogP contribution is 2.44. The second-order valence-corrected chi connectivity index (χ2v) is 6.06. The zero-order chi connectivity index (χ0) is 18.7. The molecule has 5 nitrogen and oxygen atoms in total. The fraction of sp³-hybridized carbons (Fsp3) is 0.238. The van der Waals surface area contributed by atoms with Crippen LogP contribution in [0.4, 0.5) is 0 Å². The summed E-state index contributed by atoms with van der Waals surface area (Å²) in [5, 5.41) is 0. The van der Waals surface area contributed by atoms with E-state index in [4.69, 9.17) is 9.47 Å². The highest BCUT2D eigenvalue weighted by atomic mass is 16.5. The van der Waals surface area contributed by atoms with E-state index in [1.165, 1.54) is 6.08 Å². The largest absolute Gasteiger partial charge is 0.493 e. The molecule has 0 fully saturated rings. The van der Waals surface area contributed by atoms with Gasteiger partial charge in [-0.05, 0) is 41.3 Å². The van der Waals surface area contributed by atoms with Gasteiger partial charge in [-0.15, -0.1) is 0 Å². The van der Waals surface area contributed by atoms with Crippen molar-refractivity contribution in [2.24, 2.45) is 0 Å². The van der Waals surface area contributed by atoms with Gasteiger partial charge >= 0.3 is 0 Å². The first-order valence-electron chi connectivity index (χ1n) is 8.33. The van der Waals surface area contributed by atoms with Crippen LogP contribution in [0, 0.1) is 0 Å². The van der Waals surface area contributed by atoms with Crippen LogP contribution in [0.1, 0.15) is 16.7 Å². The van der Waals surface area contributed by atoms with Crippen LogP contribution in [0.15, 0.2) is 55.1 Å². The molecule has 1 amide bonds. The summed E-state index contributed by atoms with van der Waals surface area (Å²) < 4.78 is 10.8. The summed E-state index contributed by atoms with van der Waals surface area (Å²) in [5.74, 6) is 0.824. The predicted octanol–water partition coefficient (Wildman–Crippen LogP) is 2.72. The molecule has 3 rings (SSSR count). The molecule has 2 aromatic carbocycles. The Hall–Kier alpha value is -3.08. The van der Waals surface area contributed by atoms with E-state index in [2.05, 4.69) is 6.58 Å². The first-order valence-corrected chi connectivity index (χ1v) is 8.33. The number of methoxy groups -OCH3 is 2. The summed E-state index contributed by atoms with van der Waals surface area (Å²) in [6, 6.07) is 13.0. The van der Waals surface area contributed by atoms with Crippen molar-refractivity contribution in [3.05, 3.63) is 71.8 Å². The van der Waals surface area contributed by atoms with E-state index in [1.54, 1.807) is 25.2 Å². The Morgan fingerprint density at radius 3 is 2.38 bits per heavy atom. The minimum absolute atomic E-state index is 0.290. The van der Waals surface area contributed by atoms with E-state index in [-0.39, 0.29) is 5.91 Å². The lowest BCUT2D eigenvalue weighted by atomic mass is 9.76. The van der Waals surface area contributed by atoms with Gasteiger partial charge in [-0.1, -0.05) is 36.9 Å². The van der Waals surface area contributed by atoms with Gasteiger partial charge in [-0.2, -0.15) is 0 Å². The summed E-state index contributed by atoms with van der Waals surface area (Å²) in [6.07, 6.45) is 2.68. The number of carbonyl (C=O) groups is 2. The van der Waals surface area contributed by atoms with E-state index in [0.29, 0.717) is 24.5 Å². The predicted molar refractivity (Wildman–Crippen MR) is 98.4 cm³/mol. The van der Waals surface area contributed by atoms with Crippen LogP contribution in [0.5, 0.6) is 11.5 Å². The van der Waals surface area contributed by atoms with Gasteiger partial charge in [-0.3, -0.25) is 9.59 Å². The molecule has 2 aromatic rings. The summed E-state index contributed by atoms with van der Waals surface area (Å²) >= 11 is 0. The van der Waals surface area contributed by atoms with Crippen LogP contribution >= 0.6 is 0 Å². The number of aldehydes is 1. The third-order valence-electron chi connectivity index (χ3n) is 4.88. The second kappa shape index (κ2) is 7.04. The molecular weight excluding hydrogens is 330 g/mol. The molecule has 0 bridgehead atoms. The molecule has 134 valence electrons. The normalized spacial score (nSPS) is 18.6. The summed E-state index contributed by atoms with van der Waals surface area (Å²) in [6.45, 7) is 4.00. The number of rotatable bonds is 5. The molecule has 1 aliphatic rings. The van der Waals surface area contributed by atoms with Gasteiger partial charge < -0.3 is 14.4 Å². The molecule has 0 radical (unpaired) electrons. The number of benzene rings is 2. The number of nitrogens with zero attached hydrogens (tertiary/aromatic N) is 1. The summed E-state index contributed by atoms with van der Waals surface area (Å²) in [4.78, 5) is 26.7. The number of amides is 1. The Morgan fingerprint density at radius 2 is 1.81 bits per heavy atom. The van der Waals surface area contributed by atoms with Gasteiger partial charge in [0.05, 0.1) is 14.2 Å². The first kappa shape index (κ1) is 17.7. The molecular formula is C21H21NO4. The molecule has 1 atom stereocenters. The monoisotopic (exact) mass is 351 g/mol. The molecule has 0 spiro atoms. The second-order valence-electron chi connectivity index (χ2n) is 6.06. The minimum Gasteiger partial charge on any atom is -0.493 e. The number of hydrogen-bond donors (Lipinski definition) is 0. The Morgan fingerprint density at radius 1 is 1.15 bits per heavy atom. The van der Waals surface area contributed by atoms with E-state index in [1.807, 2.05) is 36.4 Å². The van der Waals surface area contributed by atoms with Crippen molar-refractivity contribution in [1.29, 1.82) is 0 Å². The van der Waals surface area contributed by atoms with Gasteiger partial charge in [0.2, 0.25) is 5.91 Å². The summed E-state index contributed by atoms with van der Waals surface area (Å²) in [7, 11) is 3.12. The standard InChI is InChI=1S/C21H21NO4/c1-4-20(24)22-11-10-15-12-18(25-2)19(26-3)13-17(15)21(22,14-23)16-8-6-5-7-9-16/h4-9,12-14H,1,10-11H2,2-3H3. The molecule has 1 aliphatic heterocycles. The van der Waals surface area contributed by atoms with E-state index >= 15 is 0 Å². The van der Waals surface area contributed by atoms with Crippen molar-refractivity contribution in [3.8, 4) is 11.5 Å². The maximum atomic E-state index is 12.6. The maximum Gasteiger partial charge on any atom is 0.247 e. The average molecular weight is 351 g/mol. The van der Waals surface area contributed by atoms with Gasteiger partial charge in [0, 0.05) is 6.54 Å².